The van der Waals surface area contributed by atoms with Crippen LogP contribution in [0.15, 0.2) is 78.9 Å². The smallest absolute Gasteiger partial charge is 0.410 e. The zero-order valence-electron chi connectivity index (χ0n) is 21.4. The van der Waals surface area contributed by atoms with E-state index in [1.54, 1.807) is 0 Å². The summed E-state index contributed by atoms with van der Waals surface area (Å²) in [5.41, 5.74) is 10.0. The number of ether oxygens (including phenoxy) is 1. The Labute approximate surface area is 219 Å². The number of nitrogens with two attached hydrogens (primary N) is 1. The van der Waals surface area contributed by atoms with Gasteiger partial charge in [-0.15, -0.1) is 0 Å². The van der Waals surface area contributed by atoms with Gasteiger partial charge in [-0.05, 0) is 80.5 Å². The Morgan fingerprint density at radius 2 is 1.61 bits per heavy atom. The van der Waals surface area contributed by atoms with Crippen LogP contribution in [0.5, 0.6) is 0 Å². The van der Waals surface area contributed by atoms with Gasteiger partial charge in [0.05, 0.1) is 0 Å². The lowest BCUT2D eigenvalue weighted by Crippen LogP contribution is -2.36. The number of para-hydroxylation sites is 1. The second-order valence-corrected chi connectivity index (χ2v) is 11.1. The second-order valence-electron chi connectivity index (χ2n) is 10.7. The first kappa shape index (κ1) is 25.9. The minimum atomic E-state index is -0.524. The quantitative estimate of drug-likeness (QED) is 0.365. The lowest BCUT2D eigenvalue weighted by molar-refractivity contribution is 0.0284. The van der Waals surface area contributed by atoms with Crippen LogP contribution in [0.25, 0.3) is 0 Å². The molecule has 1 fully saturated rings. The Hall–Kier alpha value is -3.18. The lowest BCUT2D eigenvalue weighted by Gasteiger charge is -2.31. The van der Waals surface area contributed by atoms with Crippen molar-refractivity contribution in [2.24, 2.45) is 11.8 Å². The van der Waals surface area contributed by atoms with E-state index in [0.717, 1.165) is 29.9 Å². The SMILES string of the molecule is CC(C)(C)OC(=O)N1CC(Cc2ccccc2)C(CN(Cc2ccccc2N)c2ccc(Cl)cc2)C1. The van der Waals surface area contributed by atoms with Gasteiger partial charge < -0.3 is 20.3 Å². The summed E-state index contributed by atoms with van der Waals surface area (Å²) in [6.45, 7) is 8.52. The third-order valence-electron chi connectivity index (χ3n) is 6.63. The molecule has 0 bridgehead atoms. The van der Waals surface area contributed by atoms with Crippen LogP contribution < -0.4 is 10.6 Å². The summed E-state index contributed by atoms with van der Waals surface area (Å²) in [5, 5.41) is 0.705. The summed E-state index contributed by atoms with van der Waals surface area (Å²) in [6, 6.07) is 26.4. The van der Waals surface area contributed by atoms with E-state index in [1.807, 2.05) is 74.2 Å². The largest absolute Gasteiger partial charge is 0.444 e. The molecule has 36 heavy (non-hydrogen) atoms. The highest BCUT2D eigenvalue weighted by atomic mass is 35.5. The number of rotatable bonds is 7. The molecular formula is C30H36ClN3O2. The van der Waals surface area contributed by atoms with Gasteiger partial charge >= 0.3 is 6.09 Å². The minimum absolute atomic E-state index is 0.242. The Morgan fingerprint density at radius 3 is 2.28 bits per heavy atom. The zero-order chi connectivity index (χ0) is 25.7. The van der Waals surface area contributed by atoms with Crippen LogP contribution in [0, 0.1) is 11.8 Å². The van der Waals surface area contributed by atoms with Crippen LogP contribution in [-0.2, 0) is 17.7 Å². The lowest BCUT2D eigenvalue weighted by atomic mass is 9.89. The van der Waals surface area contributed by atoms with Gasteiger partial charge in [0.2, 0.25) is 0 Å². The van der Waals surface area contributed by atoms with Crippen LogP contribution in [0.2, 0.25) is 5.02 Å². The fourth-order valence-electron chi connectivity index (χ4n) is 4.85. The van der Waals surface area contributed by atoms with E-state index >= 15 is 0 Å². The molecule has 1 amide bonds. The number of anilines is 2. The van der Waals surface area contributed by atoms with Crippen LogP contribution >= 0.6 is 11.6 Å². The summed E-state index contributed by atoms with van der Waals surface area (Å²) < 4.78 is 5.72. The first-order valence-corrected chi connectivity index (χ1v) is 12.9. The minimum Gasteiger partial charge on any atom is -0.444 e. The molecule has 2 atom stereocenters. The average molecular weight is 506 g/mol. The molecule has 0 spiro atoms. The number of nitrogens with zero attached hydrogens (tertiary/aromatic N) is 2. The zero-order valence-corrected chi connectivity index (χ0v) is 22.1. The number of hydrogen-bond donors (Lipinski definition) is 1. The van der Waals surface area contributed by atoms with Crippen molar-refractivity contribution in [1.29, 1.82) is 0 Å². The van der Waals surface area contributed by atoms with Crippen LogP contribution in [0.4, 0.5) is 16.2 Å². The van der Waals surface area contributed by atoms with Crippen molar-refractivity contribution in [3.8, 4) is 0 Å². The van der Waals surface area contributed by atoms with E-state index in [9.17, 15) is 4.79 Å². The molecule has 0 aromatic heterocycles. The fraction of sp³-hybridized carbons (Fsp3) is 0.367. The van der Waals surface area contributed by atoms with Gasteiger partial charge in [-0.25, -0.2) is 4.79 Å². The number of carbonyl (C=O) groups is 1. The second kappa shape index (κ2) is 11.3. The molecule has 1 aliphatic heterocycles. The molecule has 5 nitrogen and oxygen atoms in total. The van der Waals surface area contributed by atoms with Crippen LogP contribution in [-0.4, -0.2) is 36.2 Å². The summed E-state index contributed by atoms with van der Waals surface area (Å²) in [5.74, 6) is 0.571. The van der Waals surface area contributed by atoms with Gasteiger partial charge in [0.15, 0.2) is 0 Å². The number of hydrogen-bond acceptors (Lipinski definition) is 4. The summed E-state index contributed by atoms with van der Waals surface area (Å²) in [4.78, 5) is 17.2. The van der Waals surface area contributed by atoms with Gasteiger partial charge in [0, 0.05) is 42.6 Å². The molecule has 0 saturated carbocycles. The van der Waals surface area contributed by atoms with Crippen molar-refractivity contribution in [3.63, 3.8) is 0 Å². The molecule has 3 aromatic rings. The normalized spacial score (nSPS) is 17.7. The predicted octanol–water partition coefficient (Wildman–Crippen LogP) is 6.65. The van der Waals surface area contributed by atoms with E-state index in [2.05, 4.69) is 35.2 Å². The molecule has 1 saturated heterocycles. The predicted molar refractivity (Wildman–Crippen MR) is 148 cm³/mol. The molecule has 4 rings (SSSR count). The molecule has 3 aromatic carbocycles. The molecule has 0 aliphatic carbocycles. The van der Waals surface area contributed by atoms with Crippen molar-refractivity contribution in [3.05, 3.63) is 95.0 Å². The standard InChI is InChI=1S/C30H36ClN3O2/c1-30(2,3)36-29(35)34-19-24(17-22-9-5-4-6-10-22)25(21-34)20-33(27-15-13-26(31)14-16-27)18-23-11-7-8-12-28(23)32/h4-16,24-25H,17-21,32H2,1-3H3. The van der Waals surface area contributed by atoms with Gasteiger partial charge in [-0.2, -0.15) is 0 Å². The van der Waals surface area contributed by atoms with E-state index < -0.39 is 5.60 Å². The number of benzene rings is 3. The van der Waals surface area contributed by atoms with Gasteiger partial charge in [0.1, 0.15) is 5.60 Å². The fourth-order valence-corrected chi connectivity index (χ4v) is 4.98. The molecule has 190 valence electrons. The number of likely N-dealkylation sites (tertiary alicyclic amines) is 1. The maximum atomic E-state index is 13.0. The molecule has 2 N–H and O–H groups in total. The molecule has 1 heterocycles. The number of nitrogen functional groups attached to an aromatic ring is 1. The Balaban J connectivity index is 1.60. The summed E-state index contributed by atoms with van der Waals surface area (Å²) in [7, 11) is 0. The average Bonchev–Trinajstić information content (AvgIpc) is 3.22. The van der Waals surface area contributed by atoms with Gasteiger partial charge in [-0.3, -0.25) is 0 Å². The topological polar surface area (TPSA) is 58.8 Å². The first-order chi connectivity index (χ1) is 17.2. The Morgan fingerprint density at radius 1 is 0.972 bits per heavy atom. The Bertz CT molecular complexity index is 1140. The first-order valence-electron chi connectivity index (χ1n) is 12.5. The maximum absolute atomic E-state index is 13.0. The van der Waals surface area contributed by atoms with Gasteiger partial charge in [-0.1, -0.05) is 60.1 Å². The summed E-state index contributed by atoms with van der Waals surface area (Å²) >= 11 is 6.20. The van der Waals surface area contributed by atoms with E-state index in [0.29, 0.717) is 30.6 Å². The molecule has 0 radical (unpaired) electrons. The van der Waals surface area contributed by atoms with Crippen molar-refractivity contribution in [1.82, 2.24) is 4.90 Å². The summed E-state index contributed by atoms with van der Waals surface area (Å²) in [6.07, 6.45) is 0.667. The van der Waals surface area contributed by atoms with Crippen LogP contribution in [0.3, 0.4) is 0 Å². The van der Waals surface area contributed by atoms with Crippen molar-refractivity contribution in [2.75, 3.05) is 30.3 Å². The molecular weight excluding hydrogens is 470 g/mol. The third-order valence-corrected chi connectivity index (χ3v) is 6.88. The highest BCUT2D eigenvalue weighted by molar-refractivity contribution is 6.30. The highest BCUT2D eigenvalue weighted by Gasteiger charge is 2.38. The Kier molecular flexibility index (Phi) is 8.10. The maximum Gasteiger partial charge on any atom is 0.410 e. The van der Waals surface area contributed by atoms with E-state index in [1.165, 1.54) is 5.56 Å². The molecule has 2 unspecified atom stereocenters. The van der Waals surface area contributed by atoms with E-state index in [4.69, 9.17) is 22.1 Å². The van der Waals surface area contributed by atoms with Crippen molar-refractivity contribution in [2.45, 2.75) is 39.3 Å². The van der Waals surface area contributed by atoms with Crippen LogP contribution in [0.1, 0.15) is 31.9 Å². The van der Waals surface area contributed by atoms with Crippen molar-refractivity contribution >= 4 is 29.1 Å². The van der Waals surface area contributed by atoms with Crippen molar-refractivity contribution < 1.29 is 9.53 Å². The number of halogens is 1. The number of carbonyl (C=O) groups excluding carboxylic acids is 1. The molecule has 6 heteroatoms. The molecule has 1 aliphatic rings. The third kappa shape index (κ3) is 6.94. The highest BCUT2D eigenvalue weighted by Crippen LogP contribution is 2.32. The monoisotopic (exact) mass is 505 g/mol. The van der Waals surface area contributed by atoms with E-state index in [-0.39, 0.29) is 12.0 Å². The van der Waals surface area contributed by atoms with Gasteiger partial charge in [0.25, 0.3) is 0 Å². The number of amides is 1.